The molecule has 76 valence electrons. The van der Waals surface area contributed by atoms with Gasteiger partial charge < -0.3 is 0 Å². The number of hydrogen-bond donors (Lipinski definition) is 0. The average molecular weight is 190 g/mol. The molecule has 0 aromatic heterocycles. The van der Waals surface area contributed by atoms with Crippen LogP contribution in [0.15, 0.2) is 18.2 Å². The van der Waals surface area contributed by atoms with Gasteiger partial charge in [-0.1, -0.05) is 38.5 Å². The highest BCUT2D eigenvalue weighted by Crippen LogP contribution is 2.16. The molecule has 0 fully saturated rings. The fraction of sp³-hybridized carbons (Fsp3) is 0.462. The van der Waals surface area contributed by atoms with Crippen LogP contribution in [0.1, 0.15) is 42.3 Å². The van der Waals surface area contributed by atoms with Crippen LogP contribution in [0.2, 0.25) is 0 Å². The molecule has 0 aliphatic carbocycles. The molecule has 0 saturated carbocycles. The third kappa shape index (κ3) is 2.22. The van der Waals surface area contributed by atoms with E-state index in [2.05, 4.69) is 19.1 Å². The predicted octanol–water partition coefficient (Wildman–Crippen LogP) is 3.40. The second-order valence-corrected chi connectivity index (χ2v) is 4.03. The van der Waals surface area contributed by atoms with Crippen molar-refractivity contribution in [2.45, 2.75) is 34.1 Å². The molecule has 1 nitrogen and oxygen atoms in total. The summed E-state index contributed by atoms with van der Waals surface area (Å²) in [5.41, 5.74) is 3.23. The molecule has 0 radical (unpaired) electrons. The summed E-state index contributed by atoms with van der Waals surface area (Å²) in [5, 5.41) is 0. The van der Waals surface area contributed by atoms with Crippen molar-refractivity contribution in [3.05, 3.63) is 34.9 Å². The first-order valence-corrected chi connectivity index (χ1v) is 5.20. The standard InChI is InChI=1S/C13H18O/c1-5-11-7-6-10(4)8-12(11)13(14)9(2)3/h6-9H,5H2,1-4H3. The summed E-state index contributed by atoms with van der Waals surface area (Å²) in [5.74, 6) is 0.340. The third-order valence-corrected chi connectivity index (χ3v) is 2.44. The Morgan fingerprint density at radius 1 is 1.36 bits per heavy atom. The van der Waals surface area contributed by atoms with E-state index in [1.54, 1.807) is 0 Å². The molecule has 0 saturated heterocycles. The molecule has 0 bridgehead atoms. The number of rotatable bonds is 3. The zero-order valence-electron chi connectivity index (χ0n) is 9.42. The fourth-order valence-electron chi connectivity index (χ4n) is 1.54. The lowest BCUT2D eigenvalue weighted by Crippen LogP contribution is -2.10. The minimum absolute atomic E-state index is 0.0853. The molecule has 1 heteroatoms. The smallest absolute Gasteiger partial charge is 0.165 e. The SMILES string of the molecule is CCc1ccc(C)cc1C(=O)C(C)C. The maximum atomic E-state index is 11.9. The van der Waals surface area contributed by atoms with Crippen LogP contribution >= 0.6 is 0 Å². The third-order valence-electron chi connectivity index (χ3n) is 2.44. The largest absolute Gasteiger partial charge is 0.294 e. The highest BCUT2D eigenvalue weighted by atomic mass is 16.1. The molecule has 1 aromatic carbocycles. The van der Waals surface area contributed by atoms with Crippen LogP contribution in [0.25, 0.3) is 0 Å². The Bertz CT molecular complexity index is 337. The normalized spacial score (nSPS) is 10.6. The van der Waals surface area contributed by atoms with Gasteiger partial charge in [-0.3, -0.25) is 4.79 Å². The number of carbonyl (C=O) groups is 1. The summed E-state index contributed by atoms with van der Waals surface area (Å²) in [6.45, 7) is 8.01. The zero-order valence-corrected chi connectivity index (χ0v) is 9.42. The molecular weight excluding hydrogens is 172 g/mol. The van der Waals surface area contributed by atoms with Gasteiger partial charge in [-0.05, 0) is 25.0 Å². The van der Waals surface area contributed by atoms with Crippen LogP contribution in [0.5, 0.6) is 0 Å². The Morgan fingerprint density at radius 3 is 2.50 bits per heavy atom. The Morgan fingerprint density at radius 2 is 2.00 bits per heavy atom. The molecule has 1 rings (SSSR count). The topological polar surface area (TPSA) is 17.1 Å². The highest BCUT2D eigenvalue weighted by molar-refractivity contribution is 5.98. The van der Waals surface area contributed by atoms with Crippen molar-refractivity contribution in [2.75, 3.05) is 0 Å². The predicted molar refractivity (Wildman–Crippen MR) is 59.7 cm³/mol. The van der Waals surface area contributed by atoms with Crippen molar-refractivity contribution in [3.8, 4) is 0 Å². The number of carbonyl (C=O) groups excluding carboxylic acids is 1. The van der Waals surface area contributed by atoms with Gasteiger partial charge in [0.2, 0.25) is 0 Å². The first kappa shape index (κ1) is 11.0. The van der Waals surface area contributed by atoms with Gasteiger partial charge in [-0.15, -0.1) is 0 Å². The van der Waals surface area contributed by atoms with E-state index < -0.39 is 0 Å². The van der Waals surface area contributed by atoms with Gasteiger partial charge in [0, 0.05) is 11.5 Å². The number of benzene rings is 1. The molecule has 0 unspecified atom stereocenters. The summed E-state index contributed by atoms with van der Waals surface area (Å²) in [7, 11) is 0. The summed E-state index contributed by atoms with van der Waals surface area (Å²) in [6, 6.07) is 6.13. The maximum Gasteiger partial charge on any atom is 0.165 e. The van der Waals surface area contributed by atoms with E-state index in [9.17, 15) is 4.79 Å². The van der Waals surface area contributed by atoms with Crippen LogP contribution in [-0.2, 0) is 6.42 Å². The monoisotopic (exact) mass is 190 g/mol. The Balaban J connectivity index is 3.17. The van der Waals surface area contributed by atoms with Crippen LogP contribution < -0.4 is 0 Å². The molecule has 14 heavy (non-hydrogen) atoms. The van der Waals surface area contributed by atoms with Gasteiger partial charge in [-0.25, -0.2) is 0 Å². The lowest BCUT2D eigenvalue weighted by Gasteiger charge is -2.10. The first-order valence-electron chi connectivity index (χ1n) is 5.20. The molecule has 0 aliphatic heterocycles. The first-order chi connectivity index (χ1) is 6.56. The Kier molecular flexibility index (Phi) is 3.45. The van der Waals surface area contributed by atoms with E-state index in [0.29, 0.717) is 0 Å². The van der Waals surface area contributed by atoms with Crippen molar-refractivity contribution >= 4 is 5.78 Å². The Labute approximate surface area is 86.1 Å². The Hall–Kier alpha value is -1.11. The lowest BCUT2D eigenvalue weighted by molar-refractivity contribution is 0.0938. The van der Waals surface area contributed by atoms with Crippen LogP contribution in [0, 0.1) is 12.8 Å². The number of aryl methyl sites for hydroxylation is 2. The summed E-state index contributed by atoms with van der Waals surface area (Å²) < 4.78 is 0. The van der Waals surface area contributed by atoms with Gasteiger partial charge in [0.25, 0.3) is 0 Å². The number of Topliss-reactive ketones (excluding diaryl/α,β-unsaturated/α-hetero) is 1. The summed E-state index contributed by atoms with van der Waals surface area (Å²) in [4.78, 5) is 11.9. The summed E-state index contributed by atoms with van der Waals surface area (Å²) in [6.07, 6.45) is 0.925. The highest BCUT2D eigenvalue weighted by Gasteiger charge is 2.13. The van der Waals surface area contributed by atoms with E-state index in [4.69, 9.17) is 0 Å². The van der Waals surface area contributed by atoms with Crippen molar-refractivity contribution in [1.29, 1.82) is 0 Å². The lowest BCUT2D eigenvalue weighted by atomic mass is 9.94. The minimum atomic E-state index is 0.0853. The number of ketones is 1. The summed E-state index contributed by atoms with van der Waals surface area (Å²) >= 11 is 0. The molecule has 0 amide bonds. The van der Waals surface area contributed by atoms with Crippen LogP contribution in [0.3, 0.4) is 0 Å². The van der Waals surface area contributed by atoms with Crippen molar-refractivity contribution in [3.63, 3.8) is 0 Å². The maximum absolute atomic E-state index is 11.9. The van der Waals surface area contributed by atoms with E-state index >= 15 is 0 Å². The molecular formula is C13H18O. The van der Waals surface area contributed by atoms with E-state index in [0.717, 1.165) is 23.1 Å². The van der Waals surface area contributed by atoms with Gasteiger partial charge >= 0.3 is 0 Å². The second-order valence-electron chi connectivity index (χ2n) is 4.03. The number of hydrogen-bond acceptors (Lipinski definition) is 1. The zero-order chi connectivity index (χ0) is 10.7. The van der Waals surface area contributed by atoms with Gasteiger partial charge in [0.1, 0.15) is 0 Å². The average Bonchev–Trinajstić information content (AvgIpc) is 2.16. The second kappa shape index (κ2) is 4.41. The molecule has 0 N–H and O–H groups in total. The van der Waals surface area contributed by atoms with E-state index in [1.165, 1.54) is 0 Å². The van der Waals surface area contributed by atoms with Crippen LogP contribution in [-0.4, -0.2) is 5.78 Å². The molecule has 0 heterocycles. The molecule has 0 atom stereocenters. The molecule has 0 aliphatic rings. The quantitative estimate of drug-likeness (QED) is 0.668. The van der Waals surface area contributed by atoms with Crippen molar-refractivity contribution < 1.29 is 4.79 Å². The molecule has 1 aromatic rings. The van der Waals surface area contributed by atoms with Gasteiger partial charge in [0.15, 0.2) is 5.78 Å². The van der Waals surface area contributed by atoms with Gasteiger partial charge in [0.05, 0.1) is 0 Å². The van der Waals surface area contributed by atoms with Gasteiger partial charge in [-0.2, -0.15) is 0 Å². The van der Waals surface area contributed by atoms with Crippen molar-refractivity contribution in [2.24, 2.45) is 5.92 Å². The van der Waals surface area contributed by atoms with Crippen LogP contribution in [0.4, 0.5) is 0 Å². The van der Waals surface area contributed by atoms with E-state index in [-0.39, 0.29) is 11.7 Å². The van der Waals surface area contributed by atoms with Crippen molar-refractivity contribution in [1.82, 2.24) is 0 Å². The molecule has 0 spiro atoms. The fourth-order valence-corrected chi connectivity index (χ4v) is 1.54. The van der Waals surface area contributed by atoms with E-state index in [1.807, 2.05) is 26.8 Å². The minimum Gasteiger partial charge on any atom is -0.294 e.